The molecule has 0 saturated carbocycles. The molecule has 0 amide bonds. The first-order valence-corrected chi connectivity index (χ1v) is 7.46. The van der Waals surface area contributed by atoms with Crippen LogP contribution >= 0.6 is 0 Å². The van der Waals surface area contributed by atoms with E-state index in [1.165, 1.54) is 6.92 Å². The van der Waals surface area contributed by atoms with Crippen LogP contribution in [0.1, 0.15) is 17.3 Å². The zero-order valence-corrected chi connectivity index (χ0v) is 12.8. The number of hydrogen-bond acceptors (Lipinski definition) is 4. The van der Waals surface area contributed by atoms with Crippen molar-refractivity contribution >= 4 is 16.8 Å². The number of carbonyl (C=O) groups is 1. The third kappa shape index (κ3) is 3.40. The van der Waals surface area contributed by atoms with Crippen LogP contribution in [0, 0.1) is 0 Å². The summed E-state index contributed by atoms with van der Waals surface area (Å²) in [7, 11) is 0. The first kappa shape index (κ1) is 15.2. The van der Waals surface area contributed by atoms with Crippen molar-refractivity contribution in [3.8, 4) is 5.75 Å². The molecule has 0 aliphatic carbocycles. The number of ketones is 1. The largest absolute Gasteiger partial charge is 0.490 e. The van der Waals surface area contributed by atoms with E-state index in [0.717, 1.165) is 11.0 Å². The van der Waals surface area contributed by atoms with Gasteiger partial charge in [0, 0.05) is 0 Å². The topological polar surface area (TPSA) is 64.3 Å². The Kier molecular flexibility index (Phi) is 4.39. The number of aliphatic hydroxyl groups excluding tert-OH is 1. The van der Waals surface area contributed by atoms with Crippen LogP contribution in [0.5, 0.6) is 5.75 Å². The maximum absolute atomic E-state index is 11.6. The van der Waals surface area contributed by atoms with Gasteiger partial charge in [0.05, 0.1) is 29.5 Å². The number of para-hydroxylation sites is 3. The molecule has 0 bridgehead atoms. The number of fused-ring (bicyclic) bond motifs is 1. The third-order valence-corrected chi connectivity index (χ3v) is 3.63. The molecule has 2 aromatic carbocycles. The summed E-state index contributed by atoms with van der Waals surface area (Å²) in [4.78, 5) is 15.9. The average molecular weight is 310 g/mol. The Balaban J connectivity index is 1.66. The molecule has 3 rings (SSSR count). The standard InChI is InChI=1S/C18H18N2O3/c1-13(21)15-6-2-5-9-18(15)23-11-14(22)10-20-12-19-16-7-3-4-8-17(16)20/h2-9,12,14,22H,10-11H2,1H3/t14-/m0/s1. The van der Waals surface area contributed by atoms with E-state index in [1.807, 2.05) is 28.8 Å². The van der Waals surface area contributed by atoms with Gasteiger partial charge >= 0.3 is 0 Å². The number of carbonyl (C=O) groups excluding carboxylic acids is 1. The Hall–Kier alpha value is -2.66. The van der Waals surface area contributed by atoms with Crippen molar-refractivity contribution in [3.63, 3.8) is 0 Å². The molecule has 0 fully saturated rings. The monoisotopic (exact) mass is 310 g/mol. The van der Waals surface area contributed by atoms with Crippen molar-refractivity contribution in [3.05, 3.63) is 60.4 Å². The summed E-state index contributed by atoms with van der Waals surface area (Å²) >= 11 is 0. The highest BCUT2D eigenvalue weighted by Gasteiger charge is 2.12. The lowest BCUT2D eigenvalue weighted by Gasteiger charge is -2.15. The fraction of sp³-hybridized carbons (Fsp3) is 0.222. The summed E-state index contributed by atoms with van der Waals surface area (Å²) in [5.74, 6) is 0.435. The molecule has 0 spiro atoms. The average Bonchev–Trinajstić information content (AvgIpc) is 2.96. The second kappa shape index (κ2) is 6.62. The van der Waals surface area contributed by atoms with Crippen molar-refractivity contribution in [1.82, 2.24) is 9.55 Å². The molecule has 5 nitrogen and oxygen atoms in total. The zero-order valence-electron chi connectivity index (χ0n) is 12.8. The maximum atomic E-state index is 11.6. The van der Waals surface area contributed by atoms with Crippen LogP contribution in [0.4, 0.5) is 0 Å². The van der Waals surface area contributed by atoms with Crippen LogP contribution in [-0.2, 0) is 6.54 Å². The van der Waals surface area contributed by atoms with E-state index in [9.17, 15) is 9.90 Å². The van der Waals surface area contributed by atoms with E-state index in [2.05, 4.69) is 4.98 Å². The smallest absolute Gasteiger partial charge is 0.163 e. The van der Waals surface area contributed by atoms with Crippen molar-refractivity contribution in [2.24, 2.45) is 0 Å². The van der Waals surface area contributed by atoms with Crippen LogP contribution in [0.15, 0.2) is 54.9 Å². The molecule has 0 saturated heterocycles. The molecule has 1 heterocycles. The number of aromatic nitrogens is 2. The lowest BCUT2D eigenvalue weighted by atomic mass is 10.1. The second-order valence-electron chi connectivity index (χ2n) is 5.40. The number of ether oxygens (including phenoxy) is 1. The number of nitrogens with zero attached hydrogens (tertiary/aromatic N) is 2. The van der Waals surface area contributed by atoms with Crippen LogP contribution in [0.3, 0.4) is 0 Å². The molecule has 1 aromatic heterocycles. The highest BCUT2D eigenvalue weighted by molar-refractivity contribution is 5.96. The summed E-state index contributed by atoms with van der Waals surface area (Å²) in [5.41, 5.74) is 2.38. The van der Waals surface area contributed by atoms with E-state index >= 15 is 0 Å². The van der Waals surface area contributed by atoms with Crippen LogP contribution in [0.2, 0.25) is 0 Å². The molecule has 0 aliphatic rings. The minimum Gasteiger partial charge on any atom is -0.490 e. The Labute approximate surface area is 134 Å². The molecular formula is C18H18N2O3. The van der Waals surface area contributed by atoms with E-state index < -0.39 is 6.10 Å². The van der Waals surface area contributed by atoms with Gasteiger partial charge in [-0.1, -0.05) is 24.3 Å². The van der Waals surface area contributed by atoms with Gasteiger partial charge in [-0.05, 0) is 31.2 Å². The van der Waals surface area contributed by atoms with Gasteiger partial charge in [-0.3, -0.25) is 4.79 Å². The minimum absolute atomic E-state index is 0.0595. The number of imidazole rings is 1. The molecule has 0 aliphatic heterocycles. The minimum atomic E-state index is -0.701. The van der Waals surface area contributed by atoms with Gasteiger partial charge in [-0.25, -0.2) is 4.98 Å². The van der Waals surface area contributed by atoms with Crippen LogP contribution < -0.4 is 4.74 Å². The fourth-order valence-electron chi connectivity index (χ4n) is 2.50. The van der Waals surface area contributed by atoms with Gasteiger partial charge in [-0.2, -0.15) is 0 Å². The van der Waals surface area contributed by atoms with Gasteiger partial charge in [0.1, 0.15) is 18.5 Å². The van der Waals surface area contributed by atoms with Crippen LogP contribution in [-0.4, -0.2) is 33.2 Å². The van der Waals surface area contributed by atoms with Crippen molar-refractivity contribution in [1.29, 1.82) is 0 Å². The summed E-state index contributed by atoms with van der Waals surface area (Å²) in [6.45, 7) is 1.98. The van der Waals surface area contributed by atoms with Crippen molar-refractivity contribution in [2.75, 3.05) is 6.61 Å². The number of Topliss-reactive ketones (excluding diaryl/α,β-unsaturated/α-hetero) is 1. The van der Waals surface area contributed by atoms with Crippen LogP contribution in [0.25, 0.3) is 11.0 Å². The number of aliphatic hydroxyl groups is 1. The van der Waals surface area contributed by atoms with Gasteiger partial charge in [0.25, 0.3) is 0 Å². The Morgan fingerprint density at radius 2 is 1.96 bits per heavy atom. The number of benzene rings is 2. The lowest BCUT2D eigenvalue weighted by Crippen LogP contribution is -2.23. The summed E-state index contributed by atoms with van der Waals surface area (Å²) < 4.78 is 7.51. The predicted octanol–water partition coefficient (Wildman–Crippen LogP) is 2.68. The number of hydrogen-bond donors (Lipinski definition) is 1. The Bertz CT molecular complexity index is 826. The molecule has 0 unspecified atom stereocenters. The second-order valence-corrected chi connectivity index (χ2v) is 5.40. The molecule has 118 valence electrons. The molecule has 23 heavy (non-hydrogen) atoms. The van der Waals surface area contributed by atoms with Gasteiger partial charge in [-0.15, -0.1) is 0 Å². The van der Waals surface area contributed by atoms with Crippen molar-refractivity contribution in [2.45, 2.75) is 19.6 Å². The normalized spacial score (nSPS) is 12.3. The summed E-state index contributed by atoms with van der Waals surface area (Å²) in [6, 6.07) is 14.8. The summed E-state index contributed by atoms with van der Waals surface area (Å²) in [5, 5.41) is 10.2. The number of rotatable bonds is 6. The molecule has 5 heteroatoms. The molecule has 1 atom stereocenters. The van der Waals surface area contributed by atoms with Gasteiger partial charge in [0.2, 0.25) is 0 Å². The van der Waals surface area contributed by atoms with Gasteiger partial charge in [0.15, 0.2) is 5.78 Å². The fourth-order valence-corrected chi connectivity index (χ4v) is 2.50. The quantitative estimate of drug-likeness (QED) is 0.711. The Morgan fingerprint density at radius 1 is 1.22 bits per heavy atom. The van der Waals surface area contributed by atoms with E-state index in [0.29, 0.717) is 17.9 Å². The molecule has 1 N–H and O–H groups in total. The molecule has 0 radical (unpaired) electrons. The Morgan fingerprint density at radius 3 is 2.78 bits per heavy atom. The highest BCUT2D eigenvalue weighted by atomic mass is 16.5. The third-order valence-electron chi connectivity index (χ3n) is 3.63. The summed E-state index contributed by atoms with van der Waals surface area (Å²) in [6.07, 6.45) is 1.00. The first-order chi connectivity index (χ1) is 11.1. The van der Waals surface area contributed by atoms with Gasteiger partial charge < -0.3 is 14.4 Å². The lowest BCUT2D eigenvalue weighted by molar-refractivity contribution is 0.0904. The predicted molar refractivity (Wildman–Crippen MR) is 87.7 cm³/mol. The van der Waals surface area contributed by atoms with E-state index in [1.54, 1.807) is 30.6 Å². The van der Waals surface area contributed by atoms with E-state index in [-0.39, 0.29) is 12.4 Å². The first-order valence-electron chi connectivity index (χ1n) is 7.46. The SMILES string of the molecule is CC(=O)c1ccccc1OC[C@@H](O)Cn1cnc2ccccc21. The zero-order chi connectivity index (χ0) is 16.2. The van der Waals surface area contributed by atoms with E-state index in [4.69, 9.17) is 4.74 Å². The highest BCUT2D eigenvalue weighted by Crippen LogP contribution is 2.19. The molecule has 3 aromatic rings. The maximum Gasteiger partial charge on any atom is 0.163 e. The molecular weight excluding hydrogens is 292 g/mol. The van der Waals surface area contributed by atoms with Crippen molar-refractivity contribution < 1.29 is 14.6 Å².